The maximum absolute atomic E-state index is 12.1. The number of amides is 2. The number of benzene rings is 1. The predicted octanol–water partition coefficient (Wildman–Crippen LogP) is 2.98. The smallest absolute Gasteiger partial charge is 0.317 e. The van der Waals surface area contributed by atoms with Crippen LogP contribution in [-0.2, 0) is 11.3 Å². The number of carbonyl (C=O) groups is 2. The lowest BCUT2D eigenvalue weighted by Crippen LogP contribution is -2.45. The molecule has 0 saturated heterocycles. The fourth-order valence-electron chi connectivity index (χ4n) is 1.85. The second-order valence-electron chi connectivity index (χ2n) is 5.38. The van der Waals surface area contributed by atoms with Gasteiger partial charge >= 0.3 is 12.0 Å². The molecule has 2 N–H and O–H groups in total. The van der Waals surface area contributed by atoms with Crippen molar-refractivity contribution < 1.29 is 14.7 Å². The lowest BCUT2D eigenvalue weighted by molar-refractivity contribution is -0.137. The van der Waals surface area contributed by atoms with Crippen LogP contribution in [0.5, 0.6) is 0 Å². The third kappa shape index (κ3) is 6.04. The fraction of sp³-hybridized carbons (Fsp3) is 0.467. The van der Waals surface area contributed by atoms with Crippen molar-refractivity contribution in [2.24, 2.45) is 5.92 Å². The molecule has 116 valence electrons. The van der Waals surface area contributed by atoms with E-state index in [1.807, 2.05) is 26.0 Å². The van der Waals surface area contributed by atoms with Crippen molar-refractivity contribution >= 4 is 23.6 Å². The number of carbonyl (C=O) groups excluding carboxylic acids is 1. The van der Waals surface area contributed by atoms with Gasteiger partial charge in [0.1, 0.15) is 0 Å². The number of carboxylic acids is 1. The Labute approximate surface area is 129 Å². The Morgan fingerprint density at radius 1 is 1.29 bits per heavy atom. The zero-order valence-electron chi connectivity index (χ0n) is 12.5. The fourth-order valence-corrected chi connectivity index (χ4v) is 1.97. The molecule has 2 amide bonds. The van der Waals surface area contributed by atoms with Gasteiger partial charge in [0.25, 0.3) is 0 Å². The molecule has 0 spiro atoms. The topological polar surface area (TPSA) is 69.6 Å². The Morgan fingerprint density at radius 2 is 1.86 bits per heavy atom. The minimum atomic E-state index is -0.922. The number of hydrogen-bond donors (Lipinski definition) is 2. The molecule has 1 aromatic rings. The first-order valence-electron chi connectivity index (χ1n) is 6.77. The lowest BCUT2D eigenvalue weighted by atomic mass is 10.0. The molecule has 5 nitrogen and oxygen atoms in total. The van der Waals surface area contributed by atoms with E-state index in [9.17, 15) is 9.59 Å². The van der Waals surface area contributed by atoms with Crippen molar-refractivity contribution in [2.75, 3.05) is 7.05 Å². The van der Waals surface area contributed by atoms with E-state index in [1.54, 1.807) is 19.2 Å². The summed E-state index contributed by atoms with van der Waals surface area (Å²) in [5, 5.41) is 12.3. The Bertz CT molecular complexity index is 488. The van der Waals surface area contributed by atoms with Crippen molar-refractivity contribution in [3.05, 3.63) is 34.9 Å². The van der Waals surface area contributed by atoms with E-state index in [0.29, 0.717) is 11.6 Å². The first-order valence-corrected chi connectivity index (χ1v) is 7.15. The molecule has 1 atom stereocenters. The van der Waals surface area contributed by atoms with Gasteiger partial charge in [-0.3, -0.25) is 4.79 Å². The number of rotatable bonds is 6. The standard InChI is InChI=1S/C15H21ClN2O3/c1-10(2)13(8-14(19)20)17-15(21)18(3)9-11-4-6-12(16)7-5-11/h4-7,10,13H,8-9H2,1-3H3,(H,17,21)(H,19,20). The summed E-state index contributed by atoms with van der Waals surface area (Å²) >= 11 is 5.81. The number of halogens is 1. The summed E-state index contributed by atoms with van der Waals surface area (Å²) in [6.07, 6.45) is -0.0851. The number of aliphatic carboxylic acids is 1. The molecule has 0 heterocycles. The second-order valence-corrected chi connectivity index (χ2v) is 5.82. The molecule has 1 unspecified atom stereocenters. The summed E-state index contributed by atoms with van der Waals surface area (Å²) < 4.78 is 0. The minimum Gasteiger partial charge on any atom is -0.481 e. The summed E-state index contributed by atoms with van der Waals surface area (Å²) in [6.45, 7) is 4.20. The van der Waals surface area contributed by atoms with Crippen LogP contribution in [0.15, 0.2) is 24.3 Å². The number of nitrogens with one attached hydrogen (secondary N) is 1. The van der Waals surface area contributed by atoms with E-state index in [-0.39, 0.29) is 24.4 Å². The number of nitrogens with zero attached hydrogens (tertiary/aromatic N) is 1. The highest BCUT2D eigenvalue weighted by atomic mass is 35.5. The quantitative estimate of drug-likeness (QED) is 0.848. The van der Waals surface area contributed by atoms with Gasteiger partial charge in [-0.2, -0.15) is 0 Å². The highest BCUT2D eigenvalue weighted by molar-refractivity contribution is 6.30. The van der Waals surface area contributed by atoms with Gasteiger partial charge in [-0.25, -0.2) is 4.79 Å². The van der Waals surface area contributed by atoms with Crippen LogP contribution in [0.25, 0.3) is 0 Å². The van der Waals surface area contributed by atoms with E-state index < -0.39 is 5.97 Å². The monoisotopic (exact) mass is 312 g/mol. The van der Waals surface area contributed by atoms with Gasteiger partial charge in [-0.15, -0.1) is 0 Å². The summed E-state index contributed by atoms with van der Waals surface area (Å²) in [4.78, 5) is 24.4. The van der Waals surface area contributed by atoms with Gasteiger partial charge in [0.05, 0.1) is 6.42 Å². The molecular formula is C15H21ClN2O3. The molecule has 21 heavy (non-hydrogen) atoms. The Kier molecular flexibility index (Phi) is 6.49. The van der Waals surface area contributed by atoms with Crippen LogP contribution in [0.4, 0.5) is 4.79 Å². The average molecular weight is 313 g/mol. The van der Waals surface area contributed by atoms with Gasteiger partial charge in [0, 0.05) is 24.7 Å². The highest BCUT2D eigenvalue weighted by Gasteiger charge is 2.21. The third-order valence-electron chi connectivity index (χ3n) is 3.19. The largest absolute Gasteiger partial charge is 0.481 e. The van der Waals surface area contributed by atoms with Crippen molar-refractivity contribution in [3.63, 3.8) is 0 Å². The van der Waals surface area contributed by atoms with Crippen LogP contribution in [0.2, 0.25) is 5.02 Å². The molecule has 0 aliphatic carbocycles. The van der Waals surface area contributed by atoms with E-state index in [4.69, 9.17) is 16.7 Å². The van der Waals surface area contributed by atoms with Crippen LogP contribution < -0.4 is 5.32 Å². The minimum absolute atomic E-state index is 0.0500. The van der Waals surface area contributed by atoms with Gasteiger partial charge in [0.2, 0.25) is 0 Å². The van der Waals surface area contributed by atoms with Gasteiger partial charge in [-0.05, 0) is 23.6 Å². The SMILES string of the molecule is CC(C)C(CC(=O)O)NC(=O)N(C)Cc1ccc(Cl)cc1. The number of carboxylic acid groups (broad SMARTS) is 1. The van der Waals surface area contributed by atoms with Gasteiger partial charge in [-0.1, -0.05) is 37.6 Å². The van der Waals surface area contributed by atoms with E-state index in [0.717, 1.165) is 5.56 Å². The van der Waals surface area contributed by atoms with Crippen molar-refractivity contribution in [3.8, 4) is 0 Å². The van der Waals surface area contributed by atoms with Crippen molar-refractivity contribution in [1.29, 1.82) is 0 Å². The van der Waals surface area contributed by atoms with Crippen LogP contribution in [0, 0.1) is 5.92 Å². The lowest BCUT2D eigenvalue weighted by Gasteiger charge is -2.25. The summed E-state index contributed by atoms with van der Waals surface area (Å²) in [6, 6.07) is 6.56. The Hall–Kier alpha value is -1.75. The first kappa shape index (κ1) is 17.3. The first-order chi connectivity index (χ1) is 9.79. The molecule has 1 rings (SSSR count). The predicted molar refractivity (Wildman–Crippen MR) is 82.3 cm³/mol. The maximum Gasteiger partial charge on any atom is 0.317 e. The Morgan fingerprint density at radius 3 is 2.33 bits per heavy atom. The van der Waals surface area contributed by atoms with Crippen LogP contribution in [-0.4, -0.2) is 35.1 Å². The zero-order valence-corrected chi connectivity index (χ0v) is 13.2. The van der Waals surface area contributed by atoms with Gasteiger partial charge < -0.3 is 15.3 Å². The number of urea groups is 1. The summed E-state index contributed by atoms with van der Waals surface area (Å²) in [5.74, 6) is -0.872. The van der Waals surface area contributed by atoms with E-state index >= 15 is 0 Å². The van der Waals surface area contributed by atoms with Crippen molar-refractivity contribution in [2.45, 2.75) is 32.9 Å². The molecule has 0 saturated carbocycles. The van der Waals surface area contributed by atoms with Crippen LogP contribution in [0.1, 0.15) is 25.8 Å². The molecule has 1 aromatic carbocycles. The average Bonchev–Trinajstić information content (AvgIpc) is 2.39. The highest BCUT2D eigenvalue weighted by Crippen LogP contribution is 2.12. The molecule has 0 aliphatic rings. The Balaban J connectivity index is 2.60. The van der Waals surface area contributed by atoms with Crippen molar-refractivity contribution in [1.82, 2.24) is 10.2 Å². The molecule has 0 aliphatic heterocycles. The normalized spacial score (nSPS) is 12.0. The summed E-state index contributed by atoms with van der Waals surface area (Å²) in [5.41, 5.74) is 0.955. The summed E-state index contributed by atoms with van der Waals surface area (Å²) in [7, 11) is 1.67. The van der Waals surface area contributed by atoms with E-state index in [1.165, 1.54) is 4.90 Å². The number of hydrogen-bond acceptors (Lipinski definition) is 2. The molecule has 0 aromatic heterocycles. The van der Waals surface area contributed by atoms with E-state index in [2.05, 4.69) is 5.32 Å². The van der Waals surface area contributed by atoms with Gasteiger partial charge in [0.15, 0.2) is 0 Å². The third-order valence-corrected chi connectivity index (χ3v) is 3.44. The van der Waals surface area contributed by atoms with Crippen LogP contribution >= 0.6 is 11.6 Å². The van der Waals surface area contributed by atoms with Crippen LogP contribution in [0.3, 0.4) is 0 Å². The molecule has 6 heteroatoms. The molecule has 0 fully saturated rings. The molecular weight excluding hydrogens is 292 g/mol. The zero-order chi connectivity index (χ0) is 16.0. The molecule has 0 radical (unpaired) electrons. The maximum atomic E-state index is 12.1. The molecule has 0 bridgehead atoms. The second kappa shape index (κ2) is 7.88.